The van der Waals surface area contributed by atoms with Crippen LogP contribution in [0.2, 0.25) is 0 Å². The third-order valence-electron chi connectivity index (χ3n) is 7.12. The third-order valence-corrected chi connectivity index (χ3v) is 7.12. The number of amides is 1. The first kappa shape index (κ1) is 24.5. The maximum Gasteiger partial charge on any atom is 0.322 e. The van der Waals surface area contributed by atoms with Gasteiger partial charge in [0.05, 0.1) is 12.2 Å². The molecule has 0 aromatic heterocycles. The molecule has 1 aromatic carbocycles. The number of hydrogen-bond donors (Lipinski definition) is 4. The predicted octanol–water partition coefficient (Wildman–Crippen LogP) is 2.70. The predicted molar refractivity (Wildman–Crippen MR) is 120 cm³/mol. The summed E-state index contributed by atoms with van der Waals surface area (Å²) < 4.78 is 5.73. The van der Waals surface area contributed by atoms with Crippen molar-refractivity contribution >= 4 is 11.9 Å². The maximum atomic E-state index is 11.8. The van der Waals surface area contributed by atoms with Crippen LogP contribution in [0, 0.1) is 17.8 Å². The lowest BCUT2D eigenvalue weighted by Gasteiger charge is -2.32. The number of carboxylic acids is 1. The Balaban J connectivity index is 1.58. The Labute approximate surface area is 190 Å². The van der Waals surface area contributed by atoms with E-state index in [9.17, 15) is 19.8 Å². The van der Waals surface area contributed by atoms with E-state index in [0.717, 1.165) is 63.4 Å². The van der Waals surface area contributed by atoms with Crippen LogP contribution in [-0.4, -0.2) is 52.6 Å². The molecule has 0 heterocycles. The number of aliphatic carboxylic acids is 1. The van der Waals surface area contributed by atoms with Crippen LogP contribution in [0.3, 0.4) is 0 Å². The van der Waals surface area contributed by atoms with Gasteiger partial charge in [-0.05, 0) is 73.5 Å². The maximum absolute atomic E-state index is 11.8. The minimum absolute atomic E-state index is 0.209. The van der Waals surface area contributed by atoms with Crippen molar-refractivity contribution < 1.29 is 29.6 Å². The van der Waals surface area contributed by atoms with Crippen molar-refractivity contribution in [3.05, 3.63) is 29.3 Å². The summed E-state index contributed by atoms with van der Waals surface area (Å²) in [5.41, 5.74) is 2.28. The van der Waals surface area contributed by atoms with Crippen molar-refractivity contribution in [2.75, 3.05) is 13.2 Å². The average molecular weight is 448 g/mol. The smallest absolute Gasteiger partial charge is 0.322 e. The fraction of sp³-hybridized carbons (Fsp3) is 0.680. The number of benzene rings is 1. The highest BCUT2D eigenvalue weighted by molar-refractivity contribution is 5.82. The van der Waals surface area contributed by atoms with Crippen molar-refractivity contribution in [3.8, 4) is 5.75 Å². The summed E-state index contributed by atoms with van der Waals surface area (Å²) in [5, 5.41) is 32.0. The van der Waals surface area contributed by atoms with Crippen LogP contribution in [0.15, 0.2) is 18.2 Å². The molecule has 1 unspecified atom stereocenters. The van der Waals surface area contributed by atoms with Crippen molar-refractivity contribution in [2.45, 2.75) is 76.9 Å². The molecule has 1 aromatic rings. The van der Waals surface area contributed by atoms with Crippen LogP contribution in [0.4, 0.5) is 0 Å². The normalized spacial score (nSPS) is 25.0. The van der Waals surface area contributed by atoms with E-state index >= 15 is 0 Å². The Morgan fingerprint density at radius 3 is 2.78 bits per heavy atom. The zero-order valence-corrected chi connectivity index (χ0v) is 19.0. The van der Waals surface area contributed by atoms with Gasteiger partial charge in [-0.15, -0.1) is 0 Å². The molecule has 7 nitrogen and oxygen atoms in total. The lowest BCUT2D eigenvalue weighted by Crippen LogP contribution is -2.33. The van der Waals surface area contributed by atoms with Gasteiger partial charge in [0, 0.05) is 0 Å². The third kappa shape index (κ3) is 6.45. The summed E-state index contributed by atoms with van der Waals surface area (Å²) in [5.74, 6) is 0.0766. The van der Waals surface area contributed by atoms with Crippen LogP contribution in [0.25, 0.3) is 0 Å². The number of rotatable bonds is 12. The standard InChI is InChI=1S/C25H37NO6/c1-2-3-4-7-18(27)9-10-19-20-11-16-6-5-8-23(21(16)12-17(20)13-22(19)28)32-15-24(29)26-14-25(30)31/h5-6,8,17-20,22,27-28H,2-4,7,9-15H2,1H3,(H,26,29)(H,30,31)/t17-,18?,19+,20-,22+/m0/s1. The molecule has 4 N–H and O–H groups in total. The summed E-state index contributed by atoms with van der Waals surface area (Å²) in [6.45, 7) is 1.51. The number of carboxylic acid groups (broad SMARTS) is 1. The SMILES string of the molecule is CCCCCC(O)CC[C@@H]1[C@H]2Cc3cccc(OCC(=O)NCC(=O)O)c3C[C@H]2C[C@H]1O. The van der Waals surface area contributed by atoms with Gasteiger partial charge in [0.25, 0.3) is 5.91 Å². The van der Waals surface area contributed by atoms with Crippen molar-refractivity contribution in [1.82, 2.24) is 5.32 Å². The molecule has 1 saturated carbocycles. The van der Waals surface area contributed by atoms with E-state index in [4.69, 9.17) is 9.84 Å². The largest absolute Gasteiger partial charge is 0.483 e. The molecule has 0 spiro atoms. The molecule has 0 aliphatic heterocycles. The van der Waals surface area contributed by atoms with Gasteiger partial charge in [-0.25, -0.2) is 0 Å². The van der Waals surface area contributed by atoms with Crippen LogP contribution < -0.4 is 10.1 Å². The number of nitrogens with one attached hydrogen (secondary N) is 1. The number of fused-ring (bicyclic) bond motifs is 2. The molecule has 178 valence electrons. The van der Waals surface area contributed by atoms with Gasteiger partial charge in [0.15, 0.2) is 6.61 Å². The molecule has 7 heteroatoms. The van der Waals surface area contributed by atoms with Crippen molar-refractivity contribution in [1.29, 1.82) is 0 Å². The van der Waals surface area contributed by atoms with Gasteiger partial charge < -0.3 is 25.4 Å². The van der Waals surface area contributed by atoms with Gasteiger partial charge in [-0.1, -0.05) is 38.3 Å². The first-order valence-electron chi connectivity index (χ1n) is 12.0. The molecule has 0 radical (unpaired) electrons. The Bertz CT molecular complexity index is 782. The van der Waals surface area contributed by atoms with Crippen molar-refractivity contribution in [2.24, 2.45) is 17.8 Å². The van der Waals surface area contributed by atoms with E-state index < -0.39 is 18.4 Å². The zero-order valence-electron chi connectivity index (χ0n) is 19.0. The Morgan fingerprint density at radius 1 is 1.22 bits per heavy atom. The molecule has 32 heavy (non-hydrogen) atoms. The lowest BCUT2D eigenvalue weighted by molar-refractivity contribution is -0.138. The molecule has 0 bridgehead atoms. The summed E-state index contributed by atoms with van der Waals surface area (Å²) in [6, 6.07) is 5.85. The molecule has 0 saturated heterocycles. The molecular weight excluding hydrogens is 410 g/mol. The molecular formula is C25H37NO6. The topological polar surface area (TPSA) is 116 Å². The lowest BCUT2D eigenvalue weighted by atomic mass is 9.73. The van der Waals surface area contributed by atoms with E-state index in [-0.39, 0.29) is 24.7 Å². The van der Waals surface area contributed by atoms with Gasteiger partial charge in [-0.2, -0.15) is 0 Å². The number of aliphatic hydroxyl groups excluding tert-OH is 2. The van der Waals surface area contributed by atoms with E-state index in [1.807, 2.05) is 12.1 Å². The Hall–Kier alpha value is -2.12. The fourth-order valence-corrected chi connectivity index (χ4v) is 5.47. The Kier molecular flexibility index (Phi) is 8.93. The number of hydrogen-bond acceptors (Lipinski definition) is 5. The highest BCUT2D eigenvalue weighted by Gasteiger charge is 2.44. The minimum Gasteiger partial charge on any atom is -0.483 e. The molecule has 2 aliphatic carbocycles. The van der Waals surface area contributed by atoms with Gasteiger partial charge in [0.2, 0.25) is 0 Å². The molecule has 3 rings (SSSR count). The van der Waals surface area contributed by atoms with Crippen LogP contribution in [0.1, 0.15) is 63.0 Å². The summed E-state index contributed by atoms with van der Waals surface area (Å²) in [4.78, 5) is 22.4. The second kappa shape index (κ2) is 11.7. The second-order valence-corrected chi connectivity index (χ2v) is 9.38. The minimum atomic E-state index is -1.09. The van der Waals surface area contributed by atoms with Gasteiger partial charge in [-0.3, -0.25) is 9.59 Å². The highest BCUT2D eigenvalue weighted by Crippen LogP contribution is 2.48. The quantitative estimate of drug-likeness (QED) is 0.366. The van der Waals surface area contributed by atoms with Crippen molar-refractivity contribution in [3.63, 3.8) is 0 Å². The average Bonchev–Trinajstić information content (AvgIpc) is 3.07. The second-order valence-electron chi connectivity index (χ2n) is 9.38. The number of unbranched alkanes of at least 4 members (excludes halogenated alkanes) is 2. The fourth-order valence-electron chi connectivity index (χ4n) is 5.47. The van der Waals surface area contributed by atoms with Crippen LogP contribution in [-0.2, 0) is 22.4 Å². The number of carbonyl (C=O) groups excluding carboxylic acids is 1. The van der Waals surface area contributed by atoms with E-state index in [0.29, 0.717) is 17.6 Å². The first-order chi connectivity index (χ1) is 15.4. The highest BCUT2D eigenvalue weighted by atomic mass is 16.5. The zero-order chi connectivity index (χ0) is 23.1. The van der Waals surface area contributed by atoms with E-state index in [1.54, 1.807) is 0 Å². The number of ether oxygens (including phenoxy) is 1. The Morgan fingerprint density at radius 2 is 2.03 bits per heavy atom. The van der Waals surface area contributed by atoms with E-state index in [2.05, 4.69) is 18.3 Å². The molecule has 2 aliphatic rings. The molecule has 1 amide bonds. The number of carbonyl (C=O) groups is 2. The first-order valence-corrected chi connectivity index (χ1v) is 12.0. The summed E-state index contributed by atoms with van der Waals surface area (Å²) in [6.07, 6.45) is 7.61. The molecule has 5 atom stereocenters. The van der Waals surface area contributed by atoms with Gasteiger partial charge in [0.1, 0.15) is 12.3 Å². The number of aliphatic hydroxyl groups is 2. The monoisotopic (exact) mass is 447 g/mol. The van der Waals surface area contributed by atoms with Gasteiger partial charge >= 0.3 is 5.97 Å². The summed E-state index contributed by atoms with van der Waals surface area (Å²) >= 11 is 0. The molecule has 1 fully saturated rings. The summed E-state index contributed by atoms with van der Waals surface area (Å²) in [7, 11) is 0. The van der Waals surface area contributed by atoms with E-state index in [1.165, 1.54) is 5.56 Å². The van der Waals surface area contributed by atoms with Crippen LogP contribution in [0.5, 0.6) is 5.75 Å². The van der Waals surface area contributed by atoms with Crippen LogP contribution >= 0.6 is 0 Å².